The number of piperazine rings is 1. The first-order valence-electron chi connectivity index (χ1n) is 8.19. The zero-order valence-corrected chi connectivity index (χ0v) is 13.8. The Balaban J connectivity index is 1.49. The van der Waals surface area contributed by atoms with Crippen LogP contribution in [0, 0.1) is 0 Å². The summed E-state index contributed by atoms with van der Waals surface area (Å²) >= 11 is 0. The zero-order chi connectivity index (χ0) is 16.9. The molecule has 7 heteroatoms. The SMILES string of the molecule is C[C@H](Cn1cccn1)NC(=O)N1CCN(c2ccccc2O)CC1. The summed E-state index contributed by atoms with van der Waals surface area (Å²) in [6.45, 7) is 5.30. The van der Waals surface area contributed by atoms with Crippen LogP contribution in [0.15, 0.2) is 42.7 Å². The summed E-state index contributed by atoms with van der Waals surface area (Å²) in [5.74, 6) is 0.281. The third-order valence-electron chi connectivity index (χ3n) is 4.18. The van der Waals surface area contributed by atoms with E-state index in [0.717, 1.165) is 5.69 Å². The highest BCUT2D eigenvalue weighted by Gasteiger charge is 2.23. The maximum absolute atomic E-state index is 12.4. The normalized spacial score (nSPS) is 16.0. The van der Waals surface area contributed by atoms with Crippen molar-refractivity contribution in [3.8, 4) is 5.75 Å². The van der Waals surface area contributed by atoms with Crippen LogP contribution in [0.4, 0.5) is 10.5 Å². The summed E-state index contributed by atoms with van der Waals surface area (Å²) in [5, 5.41) is 17.1. The van der Waals surface area contributed by atoms with Crippen LogP contribution < -0.4 is 10.2 Å². The number of hydrogen-bond acceptors (Lipinski definition) is 4. The molecule has 2 N–H and O–H groups in total. The zero-order valence-electron chi connectivity index (χ0n) is 13.8. The predicted octanol–water partition coefficient (Wildman–Crippen LogP) is 1.51. The number of aromatic nitrogens is 2. The monoisotopic (exact) mass is 329 g/mol. The van der Waals surface area contributed by atoms with E-state index in [1.165, 1.54) is 0 Å². The molecule has 1 atom stereocenters. The number of nitrogens with zero attached hydrogens (tertiary/aromatic N) is 4. The summed E-state index contributed by atoms with van der Waals surface area (Å²) in [6.07, 6.45) is 3.61. The molecule has 1 aliphatic heterocycles. The molecule has 1 fully saturated rings. The molecular weight excluding hydrogens is 306 g/mol. The highest BCUT2D eigenvalue weighted by molar-refractivity contribution is 5.75. The standard InChI is InChI=1S/C17H23N5O2/c1-14(13-22-8-4-7-18-22)19-17(24)21-11-9-20(10-12-21)15-5-2-3-6-16(15)23/h2-8,14,23H,9-13H2,1H3,(H,19,24)/t14-/m1/s1. The number of aromatic hydroxyl groups is 1. The number of nitrogens with one attached hydrogen (secondary N) is 1. The Hall–Kier alpha value is -2.70. The van der Waals surface area contributed by atoms with E-state index in [-0.39, 0.29) is 17.8 Å². The molecule has 2 heterocycles. The van der Waals surface area contributed by atoms with Crippen molar-refractivity contribution in [2.24, 2.45) is 0 Å². The molecule has 3 rings (SSSR count). The van der Waals surface area contributed by atoms with Crippen LogP contribution in [0.3, 0.4) is 0 Å². The molecule has 7 nitrogen and oxygen atoms in total. The lowest BCUT2D eigenvalue weighted by Gasteiger charge is -2.36. The van der Waals surface area contributed by atoms with Crippen molar-refractivity contribution in [2.45, 2.75) is 19.5 Å². The fraction of sp³-hybridized carbons (Fsp3) is 0.412. The number of rotatable bonds is 4. The van der Waals surface area contributed by atoms with Gasteiger partial charge in [0.1, 0.15) is 5.75 Å². The minimum Gasteiger partial charge on any atom is -0.506 e. The Bertz CT molecular complexity index is 665. The Morgan fingerprint density at radius 2 is 2.00 bits per heavy atom. The van der Waals surface area contributed by atoms with Gasteiger partial charge in [-0.2, -0.15) is 5.10 Å². The molecule has 2 aromatic rings. The minimum atomic E-state index is -0.0495. The molecule has 128 valence electrons. The summed E-state index contributed by atoms with van der Waals surface area (Å²) < 4.78 is 1.81. The van der Waals surface area contributed by atoms with Gasteiger partial charge in [-0.25, -0.2) is 4.79 Å². The van der Waals surface area contributed by atoms with Crippen LogP contribution >= 0.6 is 0 Å². The van der Waals surface area contributed by atoms with Crippen LogP contribution in [0.1, 0.15) is 6.92 Å². The summed E-state index contributed by atoms with van der Waals surface area (Å²) in [5.41, 5.74) is 0.824. The van der Waals surface area contributed by atoms with Crippen molar-refractivity contribution in [3.05, 3.63) is 42.7 Å². The summed E-state index contributed by atoms with van der Waals surface area (Å²) in [7, 11) is 0. The van der Waals surface area contributed by atoms with Gasteiger partial charge in [0.2, 0.25) is 0 Å². The number of hydrogen-bond donors (Lipinski definition) is 2. The van der Waals surface area contributed by atoms with E-state index in [1.54, 1.807) is 16.9 Å². The van der Waals surface area contributed by atoms with Crippen molar-refractivity contribution in [1.82, 2.24) is 20.0 Å². The lowest BCUT2D eigenvalue weighted by atomic mass is 10.2. The molecule has 0 aliphatic carbocycles. The van der Waals surface area contributed by atoms with E-state index in [1.807, 2.05) is 42.3 Å². The quantitative estimate of drug-likeness (QED) is 0.892. The van der Waals surface area contributed by atoms with Crippen molar-refractivity contribution in [1.29, 1.82) is 0 Å². The van der Waals surface area contributed by atoms with Gasteiger partial charge in [-0.1, -0.05) is 12.1 Å². The van der Waals surface area contributed by atoms with Gasteiger partial charge in [0.25, 0.3) is 0 Å². The van der Waals surface area contributed by atoms with Gasteiger partial charge in [0.05, 0.1) is 12.2 Å². The Morgan fingerprint density at radius 1 is 1.25 bits per heavy atom. The second kappa shape index (κ2) is 7.25. The molecule has 0 spiro atoms. The number of phenolic OH excluding ortho intramolecular Hbond substituents is 1. The van der Waals surface area contributed by atoms with Gasteiger partial charge < -0.3 is 20.2 Å². The van der Waals surface area contributed by atoms with Crippen molar-refractivity contribution in [3.63, 3.8) is 0 Å². The number of urea groups is 1. The second-order valence-corrected chi connectivity index (χ2v) is 6.04. The number of amides is 2. The highest BCUT2D eigenvalue weighted by atomic mass is 16.3. The molecule has 2 amide bonds. The lowest BCUT2D eigenvalue weighted by Crippen LogP contribution is -2.53. The third kappa shape index (κ3) is 3.79. The van der Waals surface area contributed by atoms with Gasteiger partial charge in [-0.05, 0) is 25.1 Å². The van der Waals surface area contributed by atoms with Gasteiger partial charge in [-0.3, -0.25) is 4.68 Å². The number of para-hydroxylation sites is 2. The third-order valence-corrected chi connectivity index (χ3v) is 4.18. The molecule has 24 heavy (non-hydrogen) atoms. The Labute approximate surface area is 141 Å². The number of carbonyl (C=O) groups is 1. The van der Waals surface area contributed by atoms with E-state index >= 15 is 0 Å². The number of anilines is 1. The fourth-order valence-electron chi connectivity index (χ4n) is 2.92. The smallest absolute Gasteiger partial charge is 0.317 e. The average molecular weight is 329 g/mol. The summed E-state index contributed by atoms with van der Waals surface area (Å²) in [6, 6.07) is 9.13. The largest absolute Gasteiger partial charge is 0.506 e. The van der Waals surface area contributed by atoms with Crippen LogP contribution in [-0.4, -0.2) is 58.0 Å². The number of carbonyl (C=O) groups excluding carboxylic acids is 1. The van der Waals surface area contributed by atoms with Crippen LogP contribution in [0.2, 0.25) is 0 Å². The van der Waals surface area contributed by atoms with Crippen molar-refractivity contribution in [2.75, 3.05) is 31.1 Å². The van der Waals surface area contributed by atoms with Gasteiger partial charge >= 0.3 is 6.03 Å². The van der Waals surface area contributed by atoms with Crippen molar-refractivity contribution < 1.29 is 9.90 Å². The number of benzene rings is 1. The first kappa shape index (κ1) is 16.2. The molecule has 1 aliphatic rings. The van der Waals surface area contributed by atoms with E-state index in [0.29, 0.717) is 32.7 Å². The van der Waals surface area contributed by atoms with Crippen LogP contribution in [-0.2, 0) is 6.54 Å². The molecule has 0 saturated carbocycles. The van der Waals surface area contributed by atoms with Crippen LogP contribution in [0.25, 0.3) is 0 Å². The second-order valence-electron chi connectivity index (χ2n) is 6.04. The molecule has 0 bridgehead atoms. The minimum absolute atomic E-state index is 0.00796. The van der Waals surface area contributed by atoms with Crippen LogP contribution in [0.5, 0.6) is 5.75 Å². The molecular formula is C17H23N5O2. The van der Waals surface area contributed by atoms with E-state index in [9.17, 15) is 9.90 Å². The maximum Gasteiger partial charge on any atom is 0.317 e. The van der Waals surface area contributed by atoms with Gasteiger partial charge in [0, 0.05) is 44.6 Å². The molecule has 1 aromatic heterocycles. The van der Waals surface area contributed by atoms with Crippen molar-refractivity contribution >= 4 is 11.7 Å². The predicted molar refractivity (Wildman–Crippen MR) is 92.1 cm³/mol. The van der Waals surface area contributed by atoms with E-state index in [2.05, 4.69) is 15.3 Å². The maximum atomic E-state index is 12.4. The topological polar surface area (TPSA) is 73.6 Å². The van der Waals surface area contributed by atoms with E-state index < -0.39 is 0 Å². The lowest BCUT2D eigenvalue weighted by molar-refractivity contribution is 0.189. The molecule has 1 aromatic carbocycles. The van der Waals surface area contributed by atoms with Gasteiger partial charge in [-0.15, -0.1) is 0 Å². The Morgan fingerprint density at radius 3 is 2.67 bits per heavy atom. The first-order chi connectivity index (χ1) is 11.6. The molecule has 0 unspecified atom stereocenters. The Kier molecular flexibility index (Phi) is 4.88. The molecule has 0 radical (unpaired) electrons. The first-order valence-corrected chi connectivity index (χ1v) is 8.19. The molecule has 1 saturated heterocycles. The summed E-state index contributed by atoms with van der Waals surface area (Å²) in [4.78, 5) is 16.3. The van der Waals surface area contributed by atoms with E-state index in [4.69, 9.17) is 0 Å². The van der Waals surface area contributed by atoms with Gasteiger partial charge in [0.15, 0.2) is 0 Å². The average Bonchev–Trinajstić information content (AvgIpc) is 3.08. The fourth-order valence-corrected chi connectivity index (χ4v) is 2.92. The highest BCUT2D eigenvalue weighted by Crippen LogP contribution is 2.27. The number of phenols is 1.